The van der Waals surface area contributed by atoms with Crippen LogP contribution in [0.3, 0.4) is 0 Å². The van der Waals surface area contributed by atoms with E-state index in [0.29, 0.717) is 11.8 Å². The van der Waals surface area contributed by atoms with Gasteiger partial charge in [0.15, 0.2) is 0 Å². The van der Waals surface area contributed by atoms with Crippen LogP contribution in [-0.4, -0.2) is 47.1 Å². The number of nitrogens with one attached hydrogen (secondary N) is 1. The van der Waals surface area contributed by atoms with E-state index in [9.17, 15) is 9.18 Å². The summed E-state index contributed by atoms with van der Waals surface area (Å²) in [5.41, 5.74) is 0.949. The predicted octanol–water partition coefficient (Wildman–Crippen LogP) is 2.62. The lowest BCUT2D eigenvalue weighted by Gasteiger charge is -2.22. The minimum Gasteiger partial charge on any atom is -0.490 e. The van der Waals surface area contributed by atoms with E-state index in [0.717, 1.165) is 50.1 Å². The van der Waals surface area contributed by atoms with Crippen molar-refractivity contribution in [2.75, 3.05) is 19.6 Å². The zero-order chi connectivity index (χ0) is 17.2. The van der Waals surface area contributed by atoms with E-state index in [-0.39, 0.29) is 17.8 Å². The Bertz CT molecular complexity index is 690. The molecular weight excluding hydrogens is 321 g/mol. The van der Waals surface area contributed by atoms with Crippen molar-refractivity contribution in [1.82, 2.24) is 15.1 Å². The van der Waals surface area contributed by atoms with Crippen LogP contribution >= 0.6 is 0 Å². The van der Waals surface area contributed by atoms with E-state index in [1.807, 2.05) is 0 Å². The summed E-state index contributed by atoms with van der Waals surface area (Å²) in [6, 6.07) is 6.25. The molecule has 0 bridgehead atoms. The largest absolute Gasteiger partial charge is 0.490 e. The molecule has 0 radical (unpaired) electrons. The summed E-state index contributed by atoms with van der Waals surface area (Å²) >= 11 is 0. The van der Waals surface area contributed by atoms with Gasteiger partial charge in [0.05, 0.1) is 18.2 Å². The van der Waals surface area contributed by atoms with Crippen LogP contribution in [0.5, 0.6) is 5.75 Å². The molecule has 6 heteroatoms. The molecule has 5 nitrogen and oxygen atoms in total. The van der Waals surface area contributed by atoms with Gasteiger partial charge in [-0.15, -0.1) is 0 Å². The van der Waals surface area contributed by atoms with E-state index in [1.165, 1.54) is 12.1 Å². The number of benzene rings is 1. The maximum absolute atomic E-state index is 13.0. The molecule has 1 aliphatic carbocycles. The molecule has 1 saturated heterocycles. The standard InChI is InChI=1S/C19H22FN3O2/c20-17-1-3-18(4-2-17)25-19-5-13-9-23(10-14(13)6-19)11-16(12-24)15-7-21-22-8-15/h1-4,7-8,12-14,16,19H,5-6,9-11H2,(H,21,22)/t13-,14+,16?,19?. The summed E-state index contributed by atoms with van der Waals surface area (Å²) in [6.07, 6.45) is 6.79. The van der Waals surface area contributed by atoms with Gasteiger partial charge in [0.2, 0.25) is 0 Å². The molecule has 0 spiro atoms. The van der Waals surface area contributed by atoms with Gasteiger partial charge >= 0.3 is 0 Å². The fraction of sp³-hybridized carbons (Fsp3) is 0.474. The summed E-state index contributed by atoms with van der Waals surface area (Å²) in [5, 5.41) is 6.71. The SMILES string of the molecule is O=CC(CN1C[C@H]2CC(Oc3ccc(F)cc3)C[C@H]2C1)c1cn[nH]c1. The Kier molecular flexibility index (Phi) is 4.53. The van der Waals surface area contributed by atoms with Gasteiger partial charge in [0.25, 0.3) is 0 Å². The number of halogens is 1. The molecular formula is C19H22FN3O2. The first-order valence-electron chi connectivity index (χ1n) is 8.80. The second kappa shape index (κ2) is 6.96. The molecule has 0 amide bonds. The lowest BCUT2D eigenvalue weighted by molar-refractivity contribution is -0.109. The molecule has 2 heterocycles. The molecule has 4 rings (SSSR count). The quantitative estimate of drug-likeness (QED) is 0.819. The third-order valence-corrected chi connectivity index (χ3v) is 5.47. The average molecular weight is 343 g/mol. The van der Waals surface area contributed by atoms with Gasteiger partial charge in [-0.25, -0.2) is 4.39 Å². The number of H-pyrrole nitrogens is 1. The third-order valence-electron chi connectivity index (χ3n) is 5.47. The van der Waals surface area contributed by atoms with E-state index >= 15 is 0 Å². The maximum atomic E-state index is 13.0. The van der Waals surface area contributed by atoms with Gasteiger partial charge in [-0.1, -0.05) is 0 Å². The number of ether oxygens (including phenoxy) is 1. The molecule has 1 aromatic heterocycles. The Hall–Kier alpha value is -2.21. The Morgan fingerprint density at radius 3 is 2.60 bits per heavy atom. The van der Waals surface area contributed by atoms with Crippen LogP contribution in [0.1, 0.15) is 24.3 Å². The first kappa shape index (κ1) is 16.3. The van der Waals surface area contributed by atoms with Gasteiger partial charge < -0.3 is 14.4 Å². The number of aromatic nitrogens is 2. The van der Waals surface area contributed by atoms with Crippen molar-refractivity contribution in [3.05, 3.63) is 48.0 Å². The minimum absolute atomic E-state index is 0.121. The molecule has 1 saturated carbocycles. The van der Waals surface area contributed by atoms with Crippen LogP contribution < -0.4 is 4.74 Å². The number of hydrogen-bond acceptors (Lipinski definition) is 4. The Morgan fingerprint density at radius 1 is 1.28 bits per heavy atom. The van der Waals surface area contributed by atoms with E-state index in [1.54, 1.807) is 24.5 Å². The number of rotatable bonds is 6. The summed E-state index contributed by atoms with van der Waals surface area (Å²) in [6.45, 7) is 2.77. The fourth-order valence-corrected chi connectivity index (χ4v) is 4.26. The smallest absolute Gasteiger partial charge is 0.128 e. The van der Waals surface area contributed by atoms with E-state index < -0.39 is 0 Å². The lowest BCUT2D eigenvalue weighted by Crippen LogP contribution is -2.29. The predicted molar refractivity (Wildman–Crippen MR) is 90.9 cm³/mol. The Morgan fingerprint density at radius 2 is 2.00 bits per heavy atom. The van der Waals surface area contributed by atoms with Gasteiger partial charge in [0.1, 0.15) is 17.9 Å². The van der Waals surface area contributed by atoms with Crippen LogP contribution in [0.25, 0.3) is 0 Å². The molecule has 25 heavy (non-hydrogen) atoms. The second-order valence-corrected chi connectivity index (χ2v) is 7.18. The zero-order valence-electron chi connectivity index (χ0n) is 14.0. The van der Waals surface area contributed by atoms with Crippen molar-refractivity contribution >= 4 is 6.29 Å². The topological polar surface area (TPSA) is 58.2 Å². The van der Waals surface area contributed by atoms with Crippen LogP contribution in [0.4, 0.5) is 4.39 Å². The first-order chi connectivity index (χ1) is 12.2. The second-order valence-electron chi connectivity index (χ2n) is 7.18. The zero-order valence-corrected chi connectivity index (χ0v) is 14.0. The molecule has 4 atom stereocenters. The number of carbonyl (C=O) groups is 1. The van der Waals surface area contributed by atoms with Crippen LogP contribution in [-0.2, 0) is 4.79 Å². The highest BCUT2D eigenvalue weighted by Gasteiger charge is 2.42. The fourth-order valence-electron chi connectivity index (χ4n) is 4.26. The van der Waals surface area contributed by atoms with Gasteiger partial charge in [-0.3, -0.25) is 5.10 Å². The summed E-state index contributed by atoms with van der Waals surface area (Å²) < 4.78 is 19.0. The highest BCUT2D eigenvalue weighted by atomic mass is 19.1. The van der Waals surface area contributed by atoms with E-state index in [4.69, 9.17) is 4.74 Å². The normalized spacial score (nSPS) is 27.2. The number of carbonyl (C=O) groups excluding carboxylic acids is 1. The average Bonchev–Trinajstić information content (AvgIpc) is 3.31. The highest BCUT2D eigenvalue weighted by Crippen LogP contribution is 2.40. The van der Waals surface area contributed by atoms with Crippen LogP contribution in [0, 0.1) is 17.7 Å². The number of likely N-dealkylation sites (tertiary alicyclic amines) is 1. The van der Waals surface area contributed by atoms with Crippen LogP contribution in [0.2, 0.25) is 0 Å². The van der Waals surface area contributed by atoms with Crippen molar-refractivity contribution in [3.63, 3.8) is 0 Å². The molecule has 1 aromatic carbocycles. The minimum atomic E-state index is -0.242. The number of nitrogens with zero attached hydrogens (tertiary/aromatic N) is 2. The van der Waals surface area contributed by atoms with Crippen molar-refractivity contribution in [3.8, 4) is 5.75 Å². The molecule has 2 fully saturated rings. The van der Waals surface area contributed by atoms with Crippen molar-refractivity contribution < 1.29 is 13.9 Å². The molecule has 132 valence electrons. The number of aromatic amines is 1. The van der Waals surface area contributed by atoms with Crippen molar-refractivity contribution in [1.29, 1.82) is 0 Å². The van der Waals surface area contributed by atoms with Gasteiger partial charge in [0, 0.05) is 31.4 Å². The van der Waals surface area contributed by atoms with Gasteiger partial charge in [-0.2, -0.15) is 5.10 Å². The molecule has 2 aliphatic rings. The summed E-state index contributed by atoms with van der Waals surface area (Å²) in [7, 11) is 0. The highest BCUT2D eigenvalue weighted by molar-refractivity contribution is 5.62. The Balaban J connectivity index is 1.30. The first-order valence-corrected chi connectivity index (χ1v) is 8.80. The monoisotopic (exact) mass is 343 g/mol. The third kappa shape index (κ3) is 3.58. The molecule has 2 unspecified atom stereocenters. The molecule has 2 aromatic rings. The summed E-state index contributed by atoms with van der Waals surface area (Å²) in [5.74, 6) is 1.60. The number of aldehydes is 1. The number of fused-ring (bicyclic) bond motifs is 1. The molecule has 1 aliphatic heterocycles. The van der Waals surface area contributed by atoms with Crippen LogP contribution in [0.15, 0.2) is 36.7 Å². The number of hydrogen-bond donors (Lipinski definition) is 1. The van der Waals surface area contributed by atoms with Crippen molar-refractivity contribution in [2.24, 2.45) is 11.8 Å². The maximum Gasteiger partial charge on any atom is 0.128 e. The van der Waals surface area contributed by atoms with E-state index in [2.05, 4.69) is 15.1 Å². The molecule has 1 N–H and O–H groups in total. The Labute approximate surface area is 146 Å². The summed E-state index contributed by atoms with van der Waals surface area (Å²) in [4.78, 5) is 13.8. The van der Waals surface area contributed by atoms with Crippen molar-refractivity contribution in [2.45, 2.75) is 24.9 Å². The lowest BCUT2D eigenvalue weighted by atomic mass is 10.0. The van der Waals surface area contributed by atoms with Gasteiger partial charge in [-0.05, 0) is 48.9 Å².